The van der Waals surface area contributed by atoms with Crippen LogP contribution in [0.4, 0.5) is 9.39 Å². The number of thiophene rings is 1. The molecular weight excluding hydrogens is 433 g/mol. The van der Waals surface area contributed by atoms with Crippen LogP contribution >= 0.6 is 22.7 Å². The summed E-state index contributed by atoms with van der Waals surface area (Å²) >= 11 is 3.22. The number of hydrogen-bond acceptors (Lipinski definition) is 6. The van der Waals surface area contributed by atoms with Gasteiger partial charge in [-0.1, -0.05) is 24.3 Å². The van der Waals surface area contributed by atoms with Crippen molar-refractivity contribution in [3.05, 3.63) is 64.8 Å². The summed E-state index contributed by atoms with van der Waals surface area (Å²) in [4.78, 5) is 21.0. The van der Waals surface area contributed by atoms with E-state index in [1.807, 2.05) is 18.2 Å². The van der Waals surface area contributed by atoms with E-state index in [-0.39, 0.29) is 18.3 Å². The number of hydrogen-bond donors (Lipinski definition) is 1. The second-order valence-corrected chi connectivity index (χ2v) is 9.59. The molecule has 3 heterocycles. The van der Waals surface area contributed by atoms with Gasteiger partial charge in [-0.2, -0.15) is 0 Å². The van der Waals surface area contributed by atoms with Crippen LogP contribution < -0.4 is 10.1 Å². The zero-order valence-corrected chi connectivity index (χ0v) is 18.5. The lowest BCUT2D eigenvalue weighted by molar-refractivity contribution is -0.118. The molecule has 8 heteroatoms. The minimum absolute atomic E-state index is 0.0659. The Balaban J connectivity index is 1.45. The molecule has 4 aromatic rings. The molecule has 0 atom stereocenters. The molecule has 1 aliphatic rings. The first-order valence-electron chi connectivity index (χ1n) is 9.94. The fourth-order valence-corrected chi connectivity index (χ4v) is 6.15. The lowest BCUT2D eigenvalue weighted by atomic mass is 10.0. The number of nitrogens with zero attached hydrogens (tertiary/aromatic N) is 2. The fraction of sp³-hybridized carbons (Fsp3) is 0.217. The first-order chi connectivity index (χ1) is 15.1. The number of carbonyl (C=O) groups excluding carboxylic acids is 1. The summed E-state index contributed by atoms with van der Waals surface area (Å²) in [5, 5.41) is 4.69. The maximum absolute atomic E-state index is 13.8. The summed E-state index contributed by atoms with van der Waals surface area (Å²) < 4.78 is 20.3. The Labute approximate surface area is 187 Å². The van der Waals surface area contributed by atoms with Gasteiger partial charge in [0.25, 0.3) is 5.91 Å². The molecule has 0 bridgehead atoms. The first kappa shape index (κ1) is 20.1. The van der Waals surface area contributed by atoms with Crippen LogP contribution in [0.5, 0.6) is 5.75 Å². The molecule has 0 aliphatic carbocycles. The minimum Gasteiger partial charge on any atom is -0.481 e. The average molecular weight is 454 g/mol. The monoisotopic (exact) mass is 453 g/mol. The summed E-state index contributed by atoms with van der Waals surface area (Å²) in [6, 6.07) is 14.1. The second-order valence-electron chi connectivity index (χ2n) is 7.45. The minimum atomic E-state index is -0.486. The van der Waals surface area contributed by atoms with Crippen LogP contribution in [0.1, 0.15) is 10.4 Å². The third-order valence-electron chi connectivity index (χ3n) is 5.20. The number of benzene rings is 2. The van der Waals surface area contributed by atoms with Crippen LogP contribution in [-0.4, -0.2) is 36.0 Å². The third kappa shape index (κ3) is 4.06. The van der Waals surface area contributed by atoms with Crippen LogP contribution in [0.15, 0.2) is 48.5 Å². The van der Waals surface area contributed by atoms with Gasteiger partial charge >= 0.3 is 0 Å². The normalized spacial score (nSPS) is 13.9. The Kier molecular flexibility index (Phi) is 5.43. The molecule has 1 amide bonds. The summed E-state index contributed by atoms with van der Waals surface area (Å²) in [5.74, 6) is -0.742. The van der Waals surface area contributed by atoms with Crippen molar-refractivity contribution < 1.29 is 13.9 Å². The van der Waals surface area contributed by atoms with Gasteiger partial charge in [-0.3, -0.25) is 4.79 Å². The van der Waals surface area contributed by atoms with Gasteiger partial charge in [-0.05, 0) is 43.3 Å². The summed E-state index contributed by atoms with van der Waals surface area (Å²) in [6.45, 7) is 1.55. The lowest BCUT2D eigenvalue weighted by Gasteiger charge is -2.22. The predicted molar refractivity (Wildman–Crippen MR) is 123 cm³/mol. The molecule has 0 unspecified atom stereocenters. The maximum atomic E-state index is 13.8. The Morgan fingerprint density at radius 3 is 2.84 bits per heavy atom. The van der Waals surface area contributed by atoms with E-state index >= 15 is 0 Å². The molecule has 1 N–H and O–H groups in total. The van der Waals surface area contributed by atoms with Crippen LogP contribution in [-0.2, 0) is 17.8 Å². The van der Waals surface area contributed by atoms with Crippen LogP contribution in [0.25, 0.3) is 20.8 Å². The van der Waals surface area contributed by atoms with Crippen molar-refractivity contribution in [1.29, 1.82) is 0 Å². The molecule has 0 spiro atoms. The number of thiazole rings is 1. The number of anilines is 1. The van der Waals surface area contributed by atoms with E-state index < -0.39 is 5.82 Å². The summed E-state index contributed by atoms with van der Waals surface area (Å²) in [5.41, 5.74) is 3.22. The highest BCUT2D eigenvalue weighted by Crippen LogP contribution is 2.45. The number of nitrogens with one attached hydrogen (secondary N) is 1. The van der Waals surface area contributed by atoms with E-state index in [0.717, 1.165) is 45.3 Å². The highest BCUT2D eigenvalue weighted by Gasteiger charge is 2.26. The predicted octanol–water partition coefficient (Wildman–Crippen LogP) is 5.17. The number of aromatic nitrogens is 1. The average Bonchev–Trinajstić information content (AvgIpc) is 3.33. The van der Waals surface area contributed by atoms with Crippen LogP contribution in [0, 0.1) is 5.82 Å². The molecule has 0 saturated heterocycles. The number of halogens is 1. The zero-order valence-electron chi connectivity index (χ0n) is 16.9. The van der Waals surface area contributed by atoms with Gasteiger partial charge in [-0.15, -0.1) is 22.7 Å². The van der Waals surface area contributed by atoms with Gasteiger partial charge in [0.1, 0.15) is 10.0 Å². The number of likely N-dealkylation sites (N-methyl/N-ethyl adjacent to an activating group) is 1. The third-order valence-corrected chi connectivity index (χ3v) is 7.39. The van der Waals surface area contributed by atoms with Crippen molar-refractivity contribution in [1.82, 2.24) is 9.88 Å². The van der Waals surface area contributed by atoms with E-state index in [9.17, 15) is 9.18 Å². The topological polar surface area (TPSA) is 54.5 Å². The smallest absolute Gasteiger partial charge is 0.262 e. The fourth-order valence-electron chi connectivity index (χ4n) is 3.69. The molecule has 0 fully saturated rings. The summed E-state index contributed by atoms with van der Waals surface area (Å²) in [7, 11) is 2.10. The molecule has 31 heavy (non-hydrogen) atoms. The molecule has 158 valence electrons. The molecule has 0 radical (unpaired) electrons. The maximum Gasteiger partial charge on any atom is 0.262 e. The second kappa shape index (κ2) is 8.37. The zero-order chi connectivity index (χ0) is 21.4. The standard InChI is InChI=1S/C23H20FN3O2S2/c1-27-11-10-14-19(12-27)31-23(21(14)22-25-16-7-3-5-9-18(16)30-22)26-20(28)13-29-17-8-4-2-6-15(17)24/h2-9H,10-13H2,1H3,(H,26,28). The van der Waals surface area contributed by atoms with Crippen molar-refractivity contribution in [3.8, 4) is 16.3 Å². The SMILES string of the molecule is CN1CCc2c(sc(NC(=O)COc3ccccc3F)c2-c2nc3ccccc3s2)C1. The van der Waals surface area contributed by atoms with E-state index in [2.05, 4.69) is 23.3 Å². The van der Waals surface area contributed by atoms with Crippen molar-refractivity contribution >= 4 is 43.8 Å². The molecule has 0 saturated carbocycles. The Morgan fingerprint density at radius 1 is 1.19 bits per heavy atom. The molecule has 5 rings (SSSR count). The van der Waals surface area contributed by atoms with Crippen molar-refractivity contribution in [3.63, 3.8) is 0 Å². The van der Waals surface area contributed by atoms with E-state index in [0.29, 0.717) is 0 Å². The number of rotatable bonds is 5. The van der Waals surface area contributed by atoms with Gasteiger partial charge in [0.05, 0.1) is 10.2 Å². The first-order valence-corrected chi connectivity index (χ1v) is 11.6. The van der Waals surface area contributed by atoms with E-state index in [1.54, 1.807) is 34.8 Å². The highest BCUT2D eigenvalue weighted by atomic mass is 32.1. The Morgan fingerprint density at radius 2 is 2.00 bits per heavy atom. The van der Waals surface area contributed by atoms with Gasteiger partial charge in [0.2, 0.25) is 0 Å². The lowest BCUT2D eigenvalue weighted by Crippen LogP contribution is -2.25. The quantitative estimate of drug-likeness (QED) is 0.453. The molecule has 2 aromatic carbocycles. The summed E-state index contributed by atoms with van der Waals surface area (Å²) in [6.07, 6.45) is 0.912. The number of amides is 1. The van der Waals surface area contributed by atoms with Crippen molar-refractivity contribution in [2.24, 2.45) is 0 Å². The highest BCUT2D eigenvalue weighted by molar-refractivity contribution is 7.22. The van der Waals surface area contributed by atoms with Crippen LogP contribution in [0.2, 0.25) is 0 Å². The Hall–Kier alpha value is -2.81. The van der Waals surface area contributed by atoms with E-state index in [1.165, 1.54) is 22.6 Å². The Bertz CT molecular complexity index is 1230. The molecule has 5 nitrogen and oxygen atoms in total. The van der Waals surface area contributed by atoms with Gasteiger partial charge in [0, 0.05) is 23.5 Å². The van der Waals surface area contributed by atoms with Gasteiger partial charge in [0.15, 0.2) is 18.2 Å². The molecule has 1 aliphatic heterocycles. The van der Waals surface area contributed by atoms with Gasteiger partial charge < -0.3 is 15.0 Å². The number of ether oxygens (including phenoxy) is 1. The number of carbonyl (C=O) groups is 1. The number of para-hydroxylation sites is 2. The van der Waals surface area contributed by atoms with Crippen molar-refractivity contribution in [2.75, 3.05) is 25.5 Å². The number of fused-ring (bicyclic) bond motifs is 2. The molecular formula is C23H20FN3O2S2. The van der Waals surface area contributed by atoms with Gasteiger partial charge in [-0.25, -0.2) is 9.37 Å². The van der Waals surface area contributed by atoms with Crippen molar-refractivity contribution in [2.45, 2.75) is 13.0 Å². The van der Waals surface area contributed by atoms with E-state index in [4.69, 9.17) is 9.72 Å². The largest absolute Gasteiger partial charge is 0.481 e. The van der Waals surface area contributed by atoms with Crippen LogP contribution in [0.3, 0.4) is 0 Å². The molecule has 2 aromatic heterocycles.